The van der Waals surface area contributed by atoms with Crippen molar-refractivity contribution in [1.29, 1.82) is 0 Å². The van der Waals surface area contributed by atoms with Gasteiger partial charge in [0.2, 0.25) is 0 Å². The summed E-state index contributed by atoms with van der Waals surface area (Å²) in [6.45, 7) is 0. The highest BCUT2D eigenvalue weighted by Crippen LogP contribution is 2.31. The molecule has 1 N–H and O–H groups in total. The second-order valence-electron chi connectivity index (χ2n) is 5.20. The number of ether oxygens (including phenoxy) is 2. The molecular weight excluding hydrogens is 329 g/mol. The first kappa shape index (κ1) is 18.3. The molecule has 0 aliphatic heterocycles. The van der Waals surface area contributed by atoms with E-state index in [1.807, 2.05) is 0 Å². The maximum absolute atomic E-state index is 13.7. The van der Waals surface area contributed by atoms with Crippen LogP contribution in [0.3, 0.4) is 0 Å². The Balaban J connectivity index is 2.32. The van der Waals surface area contributed by atoms with Crippen molar-refractivity contribution >= 4 is 11.9 Å². The van der Waals surface area contributed by atoms with Crippen LogP contribution in [0.1, 0.15) is 28.4 Å². The fraction of sp³-hybridized carbons (Fsp3) is 0.222. The Morgan fingerprint density at radius 2 is 1.80 bits per heavy atom. The van der Waals surface area contributed by atoms with Crippen molar-refractivity contribution in [3.8, 4) is 11.5 Å². The van der Waals surface area contributed by atoms with Gasteiger partial charge in [-0.25, -0.2) is 4.39 Å². The van der Waals surface area contributed by atoms with Gasteiger partial charge >= 0.3 is 0 Å². The van der Waals surface area contributed by atoms with Gasteiger partial charge < -0.3 is 24.7 Å². The van der Waals surface area contributed by atoms with Crippen LogP contribution >= 0.6 is 0 Å². The van der Waals surface area contributed by atoms with Crippen molar-refractivity contribution in [2.75, 3.05) is 14.2 Å². The molecule has 1 atom stereocenters. The van der Waals surface area contributed by atoms with Crippen LogP contribution in [0.2, 0.25) is 0 Å². The second kappa shape index (κ2) is 8.14. The standard InChI is InChI=1S/C18H18FNO5/c1-24-15-8-7-11(9-16(15)25-2)14(10-17(21)22)20-18(23)12-5-3-4-6-13(12)19/h3-9,14H,10H2,1-2H3,(H,20,23)(H,21,22)/p-1/t14-/m0/s1. The smallest absolute Gasteiger partial charge is 0.254 e. The summed E-state index contributed by atoms with van der Waals surface area (Å²) in [5.41, 5.74) is 0.290. The Hall–Kier alpha value is -3.09. The summed E-state index contributed by atoms with van der Waals surface area (Å²) in [5.74, 6) is -1.94. The highest BCUT2D eigenvalue weighted by molar-refractivity contribution is 5.94. The molecule has 1 amide bonds. The molecule has 0 fully saturated rings. The first-order chi connectivity index (χ1) is 12.0. The molecule has 0 bridgehead atoms. The minimum Gasteiger partial charge on any atom is -0.550 e. The molecule has 7 heteroatoms. The summed E-state index contributed by atoms with van der Waals surface area (Å²) < 4.78 is 24.1. The number of carbonyl (C=O) groups is 2. The van der Waals surface area contributed by atoms with Crippen LogP contribution in [0.15, 0.2) is 42.5 Å². The van der Waals surface area contributed by atoms with Gasteiger partial charge in [-0.3, -0.25) is 4.79 Å². The molecule has 132 valence electrons. The van der Waals surface area contributed by atoms with Gasteiger partial charge in [0.1, 0.15) is 5.82 Å². The van der Waals surface area contributed by atoms with Gasteiger partial charge in [-0.1, -0.05) is 18.2 Å². The summed E-state index contributed by atoms with van der Waals surface area (Å²) in [5, 5.41) is 13.6. The molecule has 0 aliphatic carbocycles. The Bertz CT molecular complexity index is 778. The minimum atomic E-state index is -1.35. The number of carbonyl (C=O) groups excluding carboxylic acids is 2. The van der Waals surface area contributed by atoms with Crippen LogP contribution in [0.4, 0.5) is 4.39 Å². The SMILES string of the molecule is COc1ccc([C@H](CC(=O)[O-])NC(=O)c2ccccc2F)cc1OC. The number of amides is 1. The van der Waals surface area contributed by atoms with Crippen LogP contribution in [0.25, 0.3) is 0 Å². The van der Waals surface area contributed by atoms with E-state index < -0.39 is 30.2 Å². The summed E-state index contributed by atoms with van der Waals surface area (Å²) >= 11 is 0. The summed E-state index contributed by atoms with van der Waals surface area (Å²) in [4.78, 5) is 23.3. The van der Waals surface area contributed by atoms with E-state index in [9.17, 15) is 19.1 Å². The van der Waals surface area contributed by atoms with Gasteiger partial charge in [0.25, 0.3) is 5.91 Å². The number of rotatable bonds is 7. The maximum atomic E-state index is 13.7. The monoisotopic (exact) mass is 346 g/mol. The van der Waals surface area contributed by atoms with Crippen molar-refractivity contribution in [2.24, 2.45) is 0 Å². The predicted molar refractivity (Wildman–Crippen MR) is 85.8 cm³/mol. The minimum absolute atomic E-state index is 0.175. The average Bonchev–Trinajstić information content (AvgIpc) is 2.60. The molecule has 0 unspecified atom stereocenters. The van der Waals surface area contributed by atoms with Gasteiger partial charge in [0, 0.05) is 12.4 Å². The normalized spacial score (nSPS) is 11.5. The Morgan fingerprint density at radius 3 is 2.40 bits per heavy atom. The lowest BCUT2D eigenvalue weighted by atomic mass is 10.0. The van der Waals surface area contributed by atoms with E-state index in [1.54, 1.807) is 18.2 Å². The molecule has 2 aromatic carbocycles. The lowest BCUT2D eigenvalue weighted by Gasteiger charge is -2.21. The molecule has 0 aliphatic rings. The molecule has 25 heavy (non-hydrogen) atoms. The topological polar surface area (TPSA) is 87.7 Å². The van der Waals surface area contributed by atoms with Crippen LogP contribution < -0.4 is 19.9 Å². The third-order valence-electron chi connectivity index (χ3n) is 3.60. The fourth-order valence-corrected chi connectivity index (χ4v) is 2.37. The molecule has 2 rings (SSSR count). The molecule has 0 heterocycles. The molecule has 0 spiro atoms. The lowest BCUT2D eigenvalue weighted by Crippen LogP contribution is -2.34. The third kappa shape index (κ3) is 4.47. The number of aliphatic carboxylic acids is 1. The zero-order valence-corrected chi connectivity index (χ0v) is 13.7. The van der Waals surface area contributed by atoms with E-state index in [4.69, 9.17) is 9.47 Å². The van der Waals surface area contributed by atoms with E-state index in [0.29, 0.717) is 17.1 Å². The number of carboxylic acid groups (broad SMARTS) is 1. The van der Waals surface area contributed by atoms with E-state index >= 15 is 0 Å². The lowest BCUT2D eigenvalue weighted by molar-refractivity contribution is -0.306. The van der Waals surface area contributed by atoms with Crippen LogP contribution in [0.5, 0.6) is 11.5 Å². The number of methoxy groups -OCH3 is 2. The Kier molecular flexibility index (Phi) is 5.94. The van der Waals surface area contributed by atoms with E-state index in [-0.39, 0.29) is 5.56 Å². The first-order valence-corrected chi connectivity index (χ1v) is 7.43. The summed E-state index contributed by atoms with van der Waals surface area (Å²) in [7, 11) is 2.91. The maximum Gasteiger partial charge on any atom is 0.254 e. The largest absolute Gasteiger partial charge is 0.550 e. The van der Waals surface area contributed by atoms with Gasteiger partial charge in [0.15, 0.2) is 11.5 Å². The summed E-state index contributed by atoms with van der Waals surface area (Å²) in [6, 6.07) is 9.25. The zero-order chi connectivity index (χ0) is 18.4. The second-order valence-corrected chi connectivity index (χ2v) is 5.20. The molecule has 0 saturated carbocycles. The fourth-order valence-electron chi connectivity index (χ4n) is 2.37. The van der Waals surface area contributed by atoms with Crippen LogP contribution in [0, 0.1) is 5.82 Å². The van der Waals surface area contributed by atoms with Crippen molar-refractivity contribution in [1.82, 2.24) is 5.32 Å². The third-order valence-corrected chi connectivity index (χ3v) is 3.60. The number of carboxylic acids is 1. The highest BCUT2D eigenvalue weighted by Gasteiger charge is 2.19. The number of hydrogen-bond donors (Lipinski definition) is 1. The molecule has 6 nitrogen and oxygen atoms in total. The van der Waals surface area contributed by atoms with Crippen molar-refractivity contribution in [2.45, 2.75) is 12.5 Å². The molecule has 0 saturated heterocycles. The molecule has 2 aromatic rings. The first-order valence-electron chi connectivity index (χ1n) is 7.43. The highest BCUT2D eigenvalue weighted by atomic mass is 19.1. The van der Waals surface area contributed by atoms with Crippen LogP contribution in [-0.4, -0.2) is 26.1 Å². The predicted octanol–water partition coefficient (Wildman–Crippen LogP) is 1.45. The van der Waals surface area contributed by atoms with E-state index in [2.05, 4.69) is 5.32 Å². The number of hydrogen-bond acceptors (Lipinski definition) is 5. The number of halogens is 1. The van der Waals surface area contributed by atoms with Gasteiger partial charge in [-0.15, -0.1) is 0 Å². The van der Waals surface area contributed by atoms with Crippen LogP contribution in [-0.2, 0) is 4.79 Å². The zero-order valence-electron chi connectivity index (χ0n) is 13.7. The number of benzene rings is 2. The van der Waals surface area contributed by atoms with E-state index in [0.717, 1.165) is 6.07 Å². The van der Waals surface area contributed by atoms with Crippen molar-refractivity contribution in [3.05, 3.63) is 59.4 Å². The summed E-state index contributed by atoms with van der Waals surface area (Å²) in [6.07, 6.45) is -0.477. The van der Waals surface area contributed by atoms with E-state index in [1.165, 1.54) is 32.4 Å². The Labute approximate surface area is 144 Å². The average molecular weight is 346 g/mol. The quantitative estimate of drug-likeness (QED) is 0.820. The van der Waals surface area contributed by atoms with Crippen molar-refractivity contribution in [3.63, 3.8) is 0 Å². The van der Waals surface area contributed by atoms with Crippen molar-refractivity contribution < 1.29 is 28.6 Å². The van der Waals surface area contributed by atoms with Gasteiger partial charge in [-0.05, 0) is 29.8 Å². The number of nitrogens with one attached hydrogen (secondary N) is 1. The van der Waals surface area contributed by atoms with Gasteiger partial charge in [-0.2, -0.15) is 0 Å². The molecular formula is C18H17FNO5-. The van der Waals surface area contributed by atoms with Gasteiger partial charge in [0.05, 0.1) is 25.8 Å². The molecule has 0 aromatic heterocycles. The molecule has 0 radical (unpaired) electrons. The Morgan fingerprint density at radius 1 is 1.12 bits per heavy atom.